The third-order valence-corrected chi connectivity index (χ3v) is 6.53. The molecule has 0 saturated carbocycles. The lowest BCUT2D eigenvalue weighted by molar-refractivity contribution is 0.174. The molecule has 3 heterocycles. The Hall–Kier alpha value is -4.18. The number of rotatable bonds is 9. The van der Waals surface area contributed by atoms with Gasteiger partial charge in [0.2, 0.25) is 6.79 Å². The van der Waals surface area contributed by atoms with Gasteiger partial charge in [-0.3, -0.25) is 4.79 Å². The van der Waals surface area contributed by atoms with Crippen molar-refractivity contribution in [3.05, 3.63) is 82.0 Å². The zero-order valence-electron chi connectivity index (χ0n) is 20.5. The van der Waals surface area contributed by atoms with Crippen molar-refractivity contribution >= 4 is 28.2 Å². The van der Waals surface area contributed by atoms with Crippen molar-refractivity contribution in [2.75, 3.05) is 27.6 Å². The van der Waals surface area contributed by atoms with Crippen LogP contribution >= 0.6 is 12.2 Å². The molecule has 0 spiro atoms. The van der Waals surface area contributed by atoms with E-state index in [1.165, 1.54) is 0 Å². The third-order valence-electron chi connectivity index (χ3n) is 6.13. The van der Waals surface area contributed by atoms with Crippen molar-refractivity contribution in [3.63, 3.8) is 0 Å². The number of nitrogens with zero attached hydrogens (tertiary/aromatic N) is 1. The van der Waals surface area contributed by atoms with Crippen LogP contribution in [0.15, 0.2) is 64.0 Å². The van der Waals surface area contributed by atoms with E-state index in [2.05, 4.69) is 10.3 Å². The molecule has 2 N–H and O–H groups in total. The van der Waals surface area contributed by atoms with Crippen molar-refractivity contribution < 1.29 is 23.4 Å². The Balaban J connectivity index is 1.32. The maximum Gasteiger partial charge on any atom is 0.253 e. The van der Waals surface area contributed by atoms with Gasteiger partial charge in [0.15, 0.2) is 28.1 Å². The fourth-order valence-electron chi connectivity index (χ4n) is 4.22. The van der Waals surface area contributed by atoms with Crippen molar-refractivity contribution in [2.24, 2.45) is 0 Å². The number of thiocarbonyl (C=S) groups is 1. The Morgan fingerprint density at radius 2 is 1.86 bits per heavy atom. The van der Waals surface area contributed by atoms with Crippen molar-refractivity contribution in [3.8, 4) is 23.0 Å². The molecule has 192 valence electrons. The summed E-state index contributed by atoms with van der Waals surface area (Å²) in [6, 6.07) is 15.0. The lowest BCUT2D eigenvalue weighted by Crippen LogP contribution is -2.40. The van der Waals surface area contributed by atoms with E-state index in [0.29, 0.717) is 58.8 Å². The molecule has 2 aromatic carbocycles. The number of pyridine rings is 1. The molecule has 1 aliphatic heterocycles. The molecule has 0 atom stereocenters. The normalized spacial score (nSPS) is 11.9. The zero-order chi connectivity index (χ0) is 25.8. The van der Waals surface area contributed by atoms with Gasteiger partial charge in [0.1, 0.15) is 5.76 Å². The van der Waals surface area contributed by atoms with Crippen LogP contribution in [0.5, 0.6) is 23.0 Å². The number of fused-ring (bicyclic) bond motifs is 2. The van der Waals surface area contributed by atoms with Gasteiger partial charge in [-0.25, -0.2) is 0 Å². The van der Waals surface area contributed by atoms with E-state index in [-0.39, 0.29) is 12.4 Å². The summed E-state index contributed by atoms with van der Waals surface area (Å²) in [5.74, 6) is 3.38. The van der Waals surface area contributed by atoms with Gasteiger partial charge < -0.3 is 38.6 Å². The first kappa shape index (κ1) is 24.5. The Kier molecular flexibility index (Phi) is 7.18. The molecule has 0 unspecified atom stereocenters. The van der Waals surface area contributed by atoms with Gasteiger partial charge >= 0.3 is 0 Å². The molecular formula is C27H27N3O6S. The number of hydrogen-bond acceptors (Lipinski definition) is 7. The highest BCUT2D eigenvalue weighted by atomic mass is 32.1. The van der Waals surface area contributed by atoms with Crippen LogP contribution in [-0.4, -0.2) is 42.6 Å². The predicted molar refractivity (Wildman–Crippen MR) is 142 cm³/mol. The Labute approximate surface area is 218 Å². The van der Waals surface area contributed by atoms with E-state index in [9.17, 15) is 4.79 Å². The number of ether oxygens (including phenoxy) is 4. The van der Waals surface area contributed by atoms with Crippen LogP contribution < -0.4 is 29.8 Å². The summed E-state index contributed by atoms with van der Waals surface area (Å²) in [6.07, 6.45) is 2.34. The minimum absolute atomic E-state index is 0.170. The molecule has 5 rings (SSSR count). The first-order chi connectivity index (χ1) is 18.0. The molecule has 0 amide bonds. The van der Waals surface area contributed by atoms with Gasteiger partial charge in [0, 0.05) is 23.6 Å². The highest BCUT2D eigenvalue weighted by Crippen LogP contribution is 2.35. The molecule has 0 saturated heterocycles. The monoisotopic (exact) mass is 521 g/mol. The summed E-state index contributed by atoms with van der Waals surface area (Å²) < 4.78 is 27.2. The Bertz CT molecular complexity index is 1470. The molecule has 0 radical (unpaired) electrons. The average Bonchev–Trinajstić information content (AvgIpc) is 3.59. The standard InChI is InChI=1S/C27H27N3O6S/c1-32-22-6-5-17(10-23(22)33-2)7-8-28-27(37)30(15-20-4-3-9-34-20)14-19-11-18-12-24-25(36-16-35-24)13-21(18)29-26(19)31/h3-6,9-13H,7-8,14-16H2,1-2H3,(H,28,37)(H,29,31). The molecule has 0 bridgehead atoms. The van der Waals surface area contributed by atoms with Gasteiger partial charge in [-0.15, -0.1) is 0 Å². The molecule has 1 aliphatic rings. The van der Waals surface area contributed by atoms with E-state index in [4.69, 9.17) is 35.6 Å². The van der Waals surface area contributed by atoms with Gasteiger partial charge in [0.05, 0.1) is 39.1 Å². The molecule has 2 aromatic heterocycles. The zero-order valence-corrected chi connectivity index (χ0v) is 21.4. The van der Waals surface area contributed by atoms with Crippen LogP contribution in [0.4, 0.5) is 0 Å². The summed E-state index contributed by atoms with van der Waals surface area (Å²) in [5.41, 5.74) is 2.15. The van der Waals surface area contributed by atoms with Gasteiger partial charge in [-0.2, -0.15) is 0 Å². The van der Waals surface area contributed by atoms with Crippen LogP contribution in [-0.2, 0) is 19.5 Å². The van der Waals surface area contributed by atoms with Crippen LogP contribution in [0.3, 0.4) is 0 Å². The first-order valence-electron chi connectivity index (χ1n) is 11.8. The van der Waals surface area contributed by atoms with Gasteiger partial charge in [0.25, 0.3) is 5.56 Å². The van der Waals surface area contributed by atoms with Crippen molar-refractivity contribution in [1.82, 2.24) is 15.2 Å². The maximum atomic E-state index is 12.9. The second-order valence-electron chi connectivity index (χ2n) is 8.52. The molecule has 4 aromatic rings. The number of H-pyrrole nitrogens is 1. The van der Waals surface area contributed by atoms with E-state index >= 15 is 0 Å². The Morgan fingerprint density at radius 1 is 1.05 bits per heavy atom. The quantitative estimate of drug-likeness (QED) is 0.317. The van der Waals surface area contributed by atoms with Crippen LogP contribution in [0, 0.1) is 0 Å². The fourth-order valence-corrected chi connectivity index (χ4v) is 4.45. The summed E-state index contributed by atoms with van der Waals surface area (Å²) >= 11 is 5.74. The fraction of sp³-hybridized carbons (Fsp3) is 0.259. The summed E-state index contributed by atoms with van der Waals surface area (Å²) in [6.45, 7) is 1.47. The minimum Gasteiger partial charge on any atom is -0.493 e. The number of furan rings is 1. The predicted octanol–water partition coefficient (Wildman–Crippen LogP) is 3.99. The first-order valence-corrected chi connectivity index (χ1v) is 12.2. The SMILES string of the molecule is COc1ccc(CCNC(=S)N(Cc2ccco2)Cc2cc3cc4c(cc3[nH]c2=O)OCO4)cc1OC. The number of benzene rings is 2. The summed E-state index contributed by atoms with van der Waals surface area (Å²) in [5, 5.41) is 4.68. The van der Waals surface area contributed by atoms with Crippen molar-refractivity contribution in [2.45, 2.75) is 19.5 Å². The van der Waals surface area contributed by atoms with E-state index < -0.39 is 0 Å². The molecule has 37 heavy (non-hydrogen) atoms. The molecule has 0 fully saturated rings. The van der Waals surface area contributed by atoms with E-state index in [0.717, 1.165) is 23.1 Å². The second-order valence-corrected chi connectivity index (χ2v) is 8.91. The van der Waals surface area contributed by atoms with Crippen LogP contribution in [0.25, 0.3) is 10.9 Å². The number of hydrogen-bond donors (Lipinski definition) is 2. The number of aromatic nitrogens is 1. The largest absolute Gasteiger partial charge is 0.493 e. The lowest BCUT2D eigenvalue weighted by Gasteiger charge is -2.25. The number of nitrogens with one attached hydrogen (secondary N) is 2. The molecule has 0 aliphatic carbocycles. The highest BCUT2D eigenvalue weighted by Gasteiger charge is 2.18. The smallest absolute Gasteiger partial charge is 0.253 e. The second kappa shape index (κ2) is 10.8. The summed E-state index contributed by atoms with van der Waals surface area (Å²) in [4.78, 5) is 17.8. The van der Waals surface area contributed by atoms with Gasteiger partial charge in [-0.1, -0.05) is 6.07 Å². The van der Waals surface area contributed by atoms with E-state index in [1.807, 2.05) is 47.4 Å². The van der Waals surface area contributed by atoms with Crippen LogP contribution in [0.1, 0.15) is 16.9 Å². The maximum absolute atomic E-state index is 12.9. The highest BCUT2D eigenvalue weighted by molar-refractivity contribution is 7.80. The summed E-state index contributed by atoms with van der Waals surface area (Å²) in [7, 11) is 3.23. The molecule has 9 nitrogen and oxygen atoms in total. The van der Waals surface area contributed by atoms with Crippen LogP contribution in [0.2, 0.25) is 0 Å². The third kappa shape index (κ3) is 5.49. The van der Waals surface area contributed by atoms with Gasteiger partial charge in [-0.05, 0) is 60.6 Å². The minimum atomic E-state index is -0.191. The number of methoxy groups -OCH3 is 2. The lowest BCUT2D eigenvalue weighted by atomic mass is 10.1. The molecular weight excluding hydrogens is 494 g/mol. The number of aromatic amines is 1. The topological polar surface area (TPSA) is 98.2 Å². The van der Waals surface area contributed by atoms with E-state index in [1.54, 1.807) is 26.5 Å². The molecule has 10 heteroatoms. The Morgan fingerprint density at radius 3 is 2.62 bits per heavy atom. The average molecular weight is 522 g/mol. The van der Waals surface area contributed by atoms with Crippen molar-refractivity contribution in [1.29, 1.82) is 0 Å².